The number of aliphatic carboxylic acids is 1. The highest BCUT2D eigenvalue weighted by molar-refractivity contribution is 5.66. The van der Waals surface area contributed by atoms with E-state index >= 15 is 0 Å². The summed E-state index contributed by atoms with van der Waals surface area (Å²) in [6.07, 6.45) is 5.79. The van der Waals surface area contributed by atoms with Crippen molar-refractivity contribution in [3.8, 4) is 0 Å². The number of imidazole rings is 1. The summed E-state index contributed by atoms with van der Waals surface area (Å²) in [5.41, 5.74) is 0. The number of nitrogens with one attached hydrogen (secondary N) is 1. The second kappa shape index (κ2) is 8.09. The normalized spacial score (nSPS) is 27.4. The first kappa shape index (κ1) is 17.4. The molecular weight excluding hydrogens is 306 g/mol. The van der Waals surface area contributed by atoms with Crippen LogP contribution < -0.4 is 0 Å². The first-order chi connectivity index (χ1) is 11.6. The quantitative estimate of drug-likeness (QED) is 0.798. The van der Waals surface area contributed by atoms with Gasteiger partial charge >= 0.3 is 5.97 Å². The monoisotopic (exact) mass is 335 g/mol. The standard InChI is InChI=1S/C17H29N5O2/c1-20-8-10-22(11-9-20)15-4-7-21(13-16-18-5-6-19-16)12-14(15)2-3-17(23)24/h5-6,14-15H,2-4,7-13H2,1H3,(H,18,19)(H,23,24)/t14-,15+/m1/s1. The van der Waals surface area contributed by atoms with E-state index in [9.17, 15) is 4.79 Å². The molecule has 2 atom stereocenters. The Morgan fingerprint density at radius 1 is 1.33 bits per heavy atom. The molecule has 0 bridgehead atoms. The van der Waals surface area contributed by atoms with Gasteiger partial charge in [0, 0.05) is 64.1 Å². The molecule has 1 aromatic rings. The number of carboxylic acids is 1. The van der Waals surface area contributed by atoms with Crippen LogP contribution in [0.2, 0.25) is 0 Å². The van der Waals surface area contributed by atoms with Crippen molar-refractivity contribution in [2.45, 2.75) is 31.8 Å². The number of nitrogens with zero attached hydrogens (tertiary/aromatic N) is 4. The maximum Gasteiger partial charge on any atom is 0.303 e. The number of aromatic amines is 1. The molecule has 0 aliphatic carbocycles. The van der Waals surface area contributed by atoms with Crippen LogP contribution in [0.4, 0.5) is 0 Å². The Hall–Kier alpha value is -1.44. The lowest BCUT2D eigenvalue weighted by molar-refractivity contribution is -0.137. The SMILES string of the molecule is CN1CCN([C@H]2CCN(Cc3ncc[nH]3)C[C@H]2CCC(=O)O)CC1. The van der Waals surface area contributed by atoms with Crippen molar-refractivity contribution in [1.82, 2.24) is 24.7 Å². The molecule has 2 aliphatic heterocycles. The van der Waals surface area contributed by atoms with E-state index in [-0.39, 0.29) is 6.42 Å². The molecule has 0 aromatic carbocycles. The number of likely N-dealkylation sites (N-methyl/N-ethyl adjacent to an activating group) is 1. The molecular formula is C17H29N5O2. The Bertz CT molecular complexity index is 513. The predicted octanol–water partition coefficient (Wildman–Crippen LogP) is 0.712. The maximum absolute atomic E-state index is 11.1. The zero-order valence-electron chi connectivity index (χ0n) is 14.5. The molecule has 0 spiro atoms. The largest absolute Gasteiger partial charge is 0.481 e. The van der Waals surface area contributed by atoms with Crippen molar-refractivity contribution in [3.05, 3.63) is 18.2 Å². The molecule has 2 saturated heterocycles. The maximum atomic E-state index is 11.1. The fourth-order valence-electron chi connectivity index (χ4n) is 4.06. The van der Waals surface area contributed by atoms with Gasteiger partial charge in [-0.3, -0.25) is 14.6 Å². The van der Waals surface area contributed by atoms with Gasteiger partial charge in [-0.1, -0.05) is 0 Å². The summed E-state index contributed by atoms with van der Waals surface area (Å²) < 4.78 is 0. The number of hydrogen-bond acceptors (Lipinski definition) is 5. The van der Waals surface area contributed by atoms with E-state index in [0.29, 0.717) is 12.0 Å². The molecule has 0 amide bonds. The average molecular weight is 335 g/mol. The molecule has 7 nitrogen and oxygen atoms in total. The fourth-order valence-corrected chi connectivity index (χ4v) is 4.06. The smallest absolute Gasteiger partial charge is 0.303 e. The topological polar surface area (TPSA) is 75.7 Å². The lowest BCUT2D eigenvalue weighted by Crippen LogP contribution is -2.56. The van der Waals surface area contributed by atoms with Gasteiger partial charge in [0.25, 0.3) is 0 Å². The van der Waals surface area contributed by atoms with E-state index in [1.807, 2.05) is 6.20 Å². The summed E-state index contributed by atoms with van der Waals surface area (Å²) in [5.74, 6) is 0.730. The molecule has 2 fully saturated rings. The number of piperazine rings is 1. The van der Waals surface area contributed by atoms with E-state index in [4.69, 9.17) is 5.11 Å². The van der Waals surface area contributed by atoms with Crippen LogP contribution in [0.1, 0.15) is 25.1 Å². The molecule has 2 aliphatic rings. The molecule has 24 heavy (non-hydrogen) atoms. The van der Waals surface area contributed by atoms with Gasteiger partial charge in [-0.15, -0.1) is 0 Å². The van der Waals surface area contributed by atoms with E-state index in [1.165, 1.54) is 0 Å². The molecule has 0 radical (unpaired) electrons. The van der Waals surface area contributed by atoms with Crippen molar-refractivity contribution in [2.24, 2.45) is 5.92 Å². The summed E-state index contributed by atoms with van der Waals surface area (Å²) >= 11 is 0. The Kier molecular flexibility index (Phi) is 5.86. The third-order valence-corrected chi connectivity index (χ3v) is 5.44. The number of aromatic nitrogens is 2. The number of piperidine rings is 1. The van der Waals surface area contributed by atoms with Crippen molar-refractivity contribution < 1.29 is 9.90 Å². The number of carboxylic acid groups (broad SMARTS) is 1. The predicted molar refractivity (Wildman–Crippen MR) is 91.7 cm³/mol. The zero-order valence-corrected chi connectivity index (χ0v) is 14.5. The molecule has 0 saturated carbocycles. The van der Waals surface area contributed by atoms with Gasteiger partial charge in [0.05, 0.1) is 6.54 Å². The highest BCUT2D eigenvalue weighted by atomic mass is 16.4. The van der Waals surface area contributed by atoms with Crippen molar-refractivity contribution in [2.75, 3.05) is 46.3 Å². The molecule has 7 heteroatoms. The van der Waals surface area contributed by atoms with E-state index < -0.39 is 5.97 Å². The minimum Gasteiger partial charge on any atom is -0.481 e. The third-order valence-electron chi connectivity index (χ3n) is 5.44. The summed E-state index contributed by atoms with van der Waals surface area (Å²) in [4.78, 5) is 25.9. The lowest BCUT2D eigenvalue weighted by atomic mass is 9.86. The van der Waals surface area contributed by atoms with Gasteiger partial charge in [-0.05, 0) is 25.8 Å². The summed E-state index contributed by atoms with van der Waals surface area (Å²) in [6, 6.07) is 0.519. The first-order valence-electron chi connectivity index (χ1n) is 8.97. The van der Waals surface area contributed by atoms with Crippen LogP contribution >= 0.6 is 0 Å². The van der Waals surface area contributed by atoms with Gasteiger partial charge in [-0.2, -0.15) is 0 Å². The highest BCUT2D eigenvalue weighted by Gasteiger charge is 2.34. The van der Waals surface area contributed by atoms with Gasteiger partial charge in [0.2, 0.25) is 0 Å². The minimum absolute atomic E-state index is 0.267. The van der Waals surface area contributed by atoms with Crippen LogP contribution in [0.3, 0.4) is 0 Å². The van der Waals surface area contributed by atoms with Crippen LogP contribution in [0.15, 0.2) is 12.4 Å². The number of hydrogen-bond donors (Lipinski definition) is 2. The molecule has 1 aromatic heterocycles. The van der Waals surface area contributed by atoms with Gasteiger partial charge in [0.15, 0.2) is 0 Å². The third kappa shape index (κ3) is 4.55. The summed E-state index contributed by atoms with van der Waals surface area (Å²) in [7, 11) is 2.17. The van der Waals surface area contributed by atoms with Crippen LogP contribution in [0.25, 0.3) is 0 Å². The van der Waals surface area contributed by atoms with E-state index in [1.54, 1.807) is 6.20 Å². The van der Waals surface area contributed by atoms with Crippen molar-refractivity contribution in [1.29, 1.82) is 0 Å². The molecule has 3 heterocycles. The van der Waals surface area contributed by atoms with Gasteiger partial charge in [0.1, 0.15) is 5.82 Å². The van der Waals surface area contributed by atoms with Crippen LogP contribution in [0, 0.1) is 5.92 Å². The molecule has 3 rings (SSSR count). The minimum atomic E-state index is -0.685. The van der Waals surface area contributed by atoms with Crippen LogP contribution in [0.5, 0.6) is 0 Å². The number of rotatable bonds is 6. The van der Waals surface area contributed by atoms with Crippen molar-refractivity contribution >= 4 is 5.97 Å². The zero-order chi connectivity index (χ0) is 16.9. The molecule has 0 unspecified atom stereocenters. The number of likely N-dealkylation sites (tertiary alicyclic amines) is 1. The number of H-pyrrole nitrogens is 1. The Balaban J connectivity index is 1.61. The Labute approximate surface area is 143 Å². The van der Waals surface area contributed by atoms with Gasteiger partial charge < -0.3 is 15.0 Å². The number of carbonyl (C=O) groups is 1. The lowest BCUT2D eigenvalue weighted by Gasteiger charge is -2.46. The second-order valence-electron chi connectivity index (χ2n) is 7.16. The highest BCUT2D eigenvalue weighted by Crippen LogP contribution is 2.27. The average Bonchev–Trinajstić information content (AvgIpc) is 3.07. The summed E-state index contributed by atoms with van der Waals surface area (Å²) in [5, 5.41) is 9.10. The summed E-state index contributed by atoms with van der Waals surface area (Å²) in [6.45, 7) is 7.26. The van der Waals surface area contributed by atoms with Crippen molar-refractivity contribution in [3.63, 3.8) is 0 Å². The van der Waals surface area contributed by atoms with E-state index in [0.717, 1.165) is 64.5 Å². The van der Waals surface area contributed by atoms with Crippen LogP contribution in [-0.4, -0.2) is 88.1 Å². The fraction of sp³-hybridized carbons (Fsp3) is 0.765. The molecule has 2 N–H and O–H groups in total. The molecule has 134 valence electrons. The van der Waals surface area contributed by atoms with Crippen LogP contribution in [-0.2, 0) is 11.3 Å². The van der Waals surface area contributed by atoms with E-state index in [2.05, 4.69) is 31.7 Å². The Morgan fingerprint density at radius 2 is 2.12 bits per heavy atom. The second-order valence-corrected chi connectivity index (χ2v) is 7.16. The first-order valence-corrected chi connectivity index (χ1v) is 8.97. The van der Waals surface area contributed by atoms with Gasteiger partial charge in [-0.25, -0.2) is 4.98 Å². The Morgan fingerprint density at radius 3 is 2.79 bits per heavy atom.